The summed E-state index contributed by atoms with van der Waals surface area (Å²) in [7, 11) is -1.29. The molecule has 394 valence electrons. The summed E-state index contributed by atoms with van der Waals surface area (Å²) < 4.78 is 58.1. The topological polar surface area (TPSA) is 253 Å². The molecule has 2 aliphatic heterocycles. The van der Waals surface area contributed by atoms with Gasteiger partial charge in [0.15, 0.2) is 43.0 Å². The van der Waals surface area contributed by atoms with E-state index < -0.39 is 142 Å². The number of ether oxygens (including phenoxy) is 10. The van der Waals surface area contributed by atoms with Gasteiger partial charge < -0.3 is 58.0 Å². The number of rotatable bonds is 19. The molecule has 0 saturated carbocycles. The van der Waals surface area contributed by atoms with Gasteiger partial charge in [0.05, 0.1) is 6.04 Å². The second kappa shape index (κ2) is 26.6. The Labute approximate surface area is 428 Å². The minimum Gasteiger partial charge on any atom is -0.463 e. The van der Waals surface area contributed by atoms with Crippen LogP contribution in [0.4, 0.5) is 4.79 Å². The van der Waals surface area contributed by atoms with Crippen molar-refractivity contribution in [2.75, 3.05) is 13.2 Å². The van der Waals surface area contributed by atoms with Crippen LogP contribution in [0.5, 0.6) is 0 Å². The normalized spacial score (nSPS) is 24.1. The average molecular weight is 1040 g/mol. The van der Waals surface area contributed by atoms with Crippen LogP contribution in [-0.2, 0) is 80.9 Å². The summed E-state index contributed by atoms with van der Waals surface area (Å²) >= 11 is 0. The van der Waals surface area contributed by atoms with Gasteiger partial charge in [0, 0.05) is 54.1 Å². The first-order chi connectivity index (χ1) is 35.4. The van der Waals surface area contributed by atoms with E-state index in [1.165, 1.54) is 0 Å². The third-order valence-corrected chi connectivity index (χ3v) is 14.3. The van der Waals surface area contributed by atoms with E-state index in [9.17, 15) is 38.4 Å². The second-order valence-electron chi connectivity index (χ2n) is 17.1. The minimum absolute atomic E-state index is 0.425. The number of urea groups is 1. The fourth-order valence-electron chi connectivity index (χ4n) is 8.73. The van der Waals surface area contributed by atoms with Crippen LogP contribution < -0.4 is 21.2 Å². The molecule has 2 N–H and O–H groups in total. The van der Waals surface area contributed by atoms with Gasteiger partial charge in [-0.05, 0) is 29.7 Å². The van der Waals surface area contributed by atoms with Crippen LogP contribution in [-0.4, -0.2) is 122 Å². The van der Waals surface area contributed by atoms with Crippen LogP contribution in [0.2, 0.25) is 0 Å². The summed E-state index contributed by atoms with van der Waals surface area (Å²) in [4.78, 5) is 103. The smallest absolute Gasteiger partial charge is 0.317 e. The van der Waals surface area contributed by atoms with Crippen molar-refractivity contribution >= 4 is 66.3 Å². The molecule has 4 aromatic rings. The maximum absolute atomic E-state index is 14.9. The maximum Gasteiger partial charge on any atom is 0.317 e. The van der Waals surface area contributed by atoms with E-state index in [1.54, 1.807) is 0 Å². The number of hydrogen-bond acceptors (Lipinski definition) is 18. The summed E-state index contributed by atoms with van der Waals surface area (Å²) in [5, 5.41) is 8.03. The van der Waals surface area contributed by atoms with Crippen molar-refractivity contribution in [3.63, 3.8) is 0 Å². The lowest BCUT2D eigenvalue weighted by Gasteiger charge is -2.48. The van der Waals surface area contributed by atoms with Crippen molar-refractivity contribution in [2.24, 2.45) is 0 Å². The van der Waals surface area contributed by atoms with Crippen LogP contribution in [0.25, 0.3) is 0 Å². The highest BCUT2D eigenvalue weighted by atomic mass is 31.1. The molecule has 2 fully saturated rings. The van der Waals surface area contributed by atoms with Crippen molar-refractivity contribution in [2.45, 2.75) is 122 Å². The zero-order valence-corrected chi connectivity index (χ0v) is 42.6. The molecule has 0 aromatic heterocycles. The fourth-order valence-corrected chi connectivity index (χ4v) is 11.7. The molecule has 6 rings (SSSR count). The molecular weight excluding hydrogens is 984 g/mol. The van der Waals surface area contributed by atoms with E-state index in [0.29, 0.717) is 0 Å². The molecule has 0 radical (unpaired) electrons. The van der Waals surface area contributed by atoms with Gasteiger partial charge in [-0.1, -0.05) is 121 Å². The lowest BCUT2D eigenvalue weighted by atomic mass is 9.95. The first-order valence-electron chi connectivity index (χ1n) is 23.6. The molecule has 2 unspecified atom stereocenters. The van der Waals surface area contributed by atoms with Gasteiger partial charge in [0.25, 0.3) is 0 Å². The standard InChI is InChI=1S/C53H59N2O18P/c1-30(56)64-28-41-45(73-52-49(70-36(7)62)47(68-34(5)60)44(66-32(3)58)42(72-52)29-65-31(2)57)46(67-33(4)59)48(69-35(6)61)51(71-41)55-53(63)54-43(37-20-12-8-13-21-37)50(38-22-14-9-15-23-38)74(39-24-16-10-17-25-39)40-26-18-11-19-27-40/h8-27,41-52H,28-29H2,1-7H3,(H2,54,55,63)/t41-,42-,43?,44+,45-,46+,47+,48-,49-,50?,51-,52+/m1/s1. The molecule has 0 spiro atoms. The van der Waals surface area contributed by atoms with Crippen molar-refractivity contribution in [3.8, 4) is 0 Å². The summed E-state index contributed by atoms with van der Waals surface area (Å²) in [6.45, 7) is 6.16. The highest BCUT2D eigenvalue weighted by Gasteiger charge is 2.58. The Morgan fingerprint density at radius 1 is 0.459 bits per heavy atom. The van der Waals surface area contributed by atoms with E-state index in [1.807, 2.05) is 97.1 Å². The molecular formula is C53H59N2O18P. The first kappa shape index (κ1) is 56.1. The quantitative estimate of drug-likeness (QED) is 0.0744. The number of hydrogen-bond donors (Lipinski definition) is 2. The first-order valence-corrected chi connectivity index (χ1v) is 25.0. The van der Waals surface area contributed by atoms with Gasteiger partial charge in [-0.3, -0.25) is 33.6 Å². The SMILES string of the molecule is CC(=O)OC[C@H]1O[C@@H](O[C@H]2[C@H](OC(C)=O)[C@@H](OC(C)=O)[C@H](NC(=O)NC(c3ccccc3)C(c3ccccc3)P(c3ccccc3)c3ccccc3)O[C@@H]2COC(C)=O)[C@H](OC(C)=O)[C@@H](OC(C)=O)[C@H]1OC(C)=O. The van der Waals surface area contributed by atoms with E-state index >= 15 is 0 Å². The van der Waals surface area contributed by atoms with Gasteiger partial charge in [0.2, 0.25) is 0 Å². The predicted molar refractivity (Wildman–Crippen MR) is 262 cm³/mol. The van der Waals surface area contributed by atoms with Gasteiger partial charge in [0.1, 0.15) is 31.5 Å². The molecule has 2 heterocycles. The molecule has 4 aromatic carbocycles. The molecule has 74 heavy (non-hydrogen) atoms. The number of carbonyl (C=O) groups excluding carboxylic acids is 8. The largest absolute Gasteiger partial charge is 0.463 e. The Kier molecular flexibility index (Phi) is 20.2. The van der Waals surface area contributed by atoms with Gasteiger partial charge in [-0.25, -0.2) is 4.79 Å². The van der Waals surface area contributed by atoms with Gasteiger partial charge in [-0.2, -0.15) is 0 Å². The van der Waals surface area contributed by atoms with E-state index in [4.69, 9.17) is 47.4 Å². The molecule has 2 saturated heterocycles. The van der Waals surface area contributed by atoms with E-state index in [-0.39, 0.29) is 0 Å². The maximum atomic E-state index is 14.9. The van der Waals surface area contributed by atoms with Crippen LogP contribution in [0.3, 0.4) is 0 Å². The zero-order valence-electron chi connectivity index (χ0n) is 41.7. The molecule has 2 amide bonds. The summed E-state index contributed by atoms with van der Waals surface area (Å²) in [6.07, 6.45) is -16.8. The van der Waals surface area contributed by atoms with E-state index in [2.05, 4.69) is 34.9 Å². The fraction of sp³-hybridized carbons (Fsp3) is 0.396. The Morgan fingerprint density at radius 3 is 1.31 bits per heavy atom. The number of benzene rings is 4. The van der Waals surface area contributed by atoms with Crippen LogP contribution in [0.1, 0.15) is 71.3 Å². The number of amides is 2. The number of esters is 7. The zero-order chi connectivity index (χ0) is 53.5. The summed E-state index contributed by atoms with van der Waals surface area (Å²) in [5.74, 6) is -6.19. The Balaban J connectivity index is 1.43. The Bertz CT molecular complexity index is 2520. The van der Waals surface area contributed by atoms with Crippen molar-refractivity contribution < 1.29 is 85.7 Å². The highest BCUT2D eigenvalue weighted by molar-refractivity contribution is 7.73. The van der Waals surface area contributed by atoms with Gasteiger partial charge in [-0.15, -0.1) is 0 Å². The lowest BCUT2D eigenvalue weighted by molar-refractivity contribution is -0.345. The van der Waals surface area contributed by atoms with E-state index in [0.717, 1.165) is 70.2 Å². The van der Waals surface area contributed by atoms with Gasteiger partial charge >= 0.3 is 47.8 Å². The third-order valence-electron chi connectivity index (χ3n) is 11.5. The Hall–Kier alpha value is -7.25. The van der Waals surface area contributed by atoms with Crippen molar-refractivity contribution in [3.05, 3.63) is 132 Å². The lowest BCUT2D eigenvalue weighted by Crippen LogP contribution is -2.69. The Morgan fingerprint density at radius 2 is 0.851 bits per heavy atom. The van der Waals surface area contributed by atoms with Crippen molar-refractivity contribution in [1.29, 1.82) is 0 Å². The van der Waals surface area contributed by atoms with Crippen LogP contribution >= 0.6 is 7.92 Å². The predicted octanol–water partition coefficient (Wildman–Crippen LogP) is 4.52. The number of nitrogens with one attached hydrogen (secondary N) is 2. The summed E-state index contributed by atoms with van der Waals surface area (Å²) in [5.41, 5.74) is 1.22. The number of carbonyl (C=O) groups is 8. The molecule has 0 bridgehead atoms. The van der Waals surface area contributed by atoms with Crippen LogP contribution in [0, 0.1) is 0 Å². The highest BCUT2D eigenvalue weighted by Crippen LogP contribution is 2.55. The molecule has 12 atom stereocenters. The van der Waals surface area contributed by atoms with Crippen molar-refractivity contribution in [1.82, 2.24) is 10.6 Å². The molecule has 0 aliphatic carbocycles. The average Bonchev–Trinajstić information content (AvgIpc) is 3.35. The minimum atomic E-state index is -1.89. The van der Waals surface area contributed by atoms with Crippen LogP contribution in [0.15, 0.2) is 121 Å². The molecule has 21 heteroatoms. The molecule has 20 nitrogen and oxygen atoms in total. The third kappa shape index (κ3) is 15.4. The second-order valence-corrected chi connectivity index (χ2v) is 19.4. The summed E-state index contributed by atoms with van der Waals surface area (Å²) in [6, 6.07) is 37.4. The monoisotopic (exact) mass is 1040 g/mol. The molecule has 2 aliphatic rings.